The summed E-state index contributed by atoms with van der Waals surface area (Å²) in [5.74, 6) is -0.924. The summed E-state index contributed by atoms with van der Waals surface area (Å²) in [6, 6.07) is 0. The van der Waals surface area contributed by atoms with Crippen molar-refractivity contribution in [2.75, 3.05) is 0 Å². The Labute approximate surface area is 149 Å². The number of esters is 1. The summed E-state index contributed by atoms with van der Waals surface area (Å²) < 4.78 is 5.52. The summed E-state index contributed by atoms with van der Waals surface area (Å²) >= 11 is 0. The van der Waals surface area contributed by atoms with Crippen molar-refractivity contribution in [3.8, 4) is 0 Å². The molecule has 0 aromatic heterocycles. The molecule has 0 aliphatic heterocycles. The Bertz CT molecular complexity index is 631. The molecule has 0 radical (unpaired) electrons. The van der Waals surface area contributed by atoms with E-state index in [1.54, 1.807) is 26.8 Å². The van der Waals surface area contributed by atoms with Gasteiger partial charge in [-0.1, -0.05) is 18.6 Å². The van der Waals surface area contributed by atoms with E-state index in [1.807, 2.05) is 20.8 Å². The number of fused-ring (bicyclic) bond motifs is 1. The molecule has 1 saturated carbocycles. The van der Waals surface area contributed by atoms with Crippen LogP contribution in [0.4, 0.5) is 0 Å². The lowest BCUT2D eigenvalue weighted by Crippen LogP contribution is -2.59. The summed E-state index contributed by atoms with van der Waals surface area (Å²) in [5, 5.41) is 21.5. The van der Waals surface area contributed by atoms with E-state index in [-0.39, 0.29) is 18.1 Å². The molecule has 5 heteroatoms. The van der Waals surface area contributed by atoms with E-state index in [4.69, 9.17) is 4.74 Å². The van der Waals surface area contributed by atoms with Gasteiger partial charge in [0.1, 0.15) is 11.7 Å². The Kier molecular flexibility index (Phi) is 5.05. The van der Waals surface area contributed by atoms with Crippen molar-refractivity contribution in [3.63, 3.8) is 0 Å². The van der Waals surface area contributed by atoms with E-state index in [9.17, 15) is 19.8 Å². The molecule has 0 saturated heterocycles. The lowest BCUT2D eigenvalue weighted by molar-refractivity contribution is -0.187. The number of ether oxygens (including phenoxy) is 1. The highest BCUT2D eigenvalue weighted by Crippen LogP contribution is 2.53. The standard InChI is InChI=1S/C20H30O5/c1-12(2)9-17(22)25-16-7-8-19(5)11-14(21)13(18(3,4)23)10-15(19)20(16,6)24/h9-10,15-16,23-24H,7-8,11H2,1-6H3/t15-,16-,19-,20+/m1/s1. The molecule has 0 aromatic carbocycles. The molecule has 0 unspecified atom stereocenters. The van der Waals surface area contributed by atoms with Crippen LogP contribution in [0.2, 0.25) is 0 Å². The van der Waals surface area contributed by atoms with Crippen LogP contribution >= 0.6 is 0 Å². The molecule has 0 amide bonds. The number of Topliss-reactive ketones (excluding diaryl/α,β-unsaturated/α-hetero) is 1. The van der Waals surface area contributed by atoms with E-state index < -0.39 is 28.7 Å². The molecule has 0 aromatic rings. The van der Waals surface area contributed by atoms with Crippen molar-refractivity contribution in [3.05, 3.63) is 23.3 Å². The minimum atomic E-state index is -1.31. The molecule has 4 atom stereocenters. The van der Waals surface area contributed by atoms with E-state index in [0.29, 0.717) is 18.4 Å². The topological polar surface area (TPSA) is 83.8 Å². The Hall–Kier alpha value is -1.46. The van der Waals surface area contributed by atoms with E-state index in [0.717, 1.165) is 5.57 Å². The third-order valence-electron chi connectivity index (χ3n) is 5.53. The van der Waals surface area contributed by atoms with Gasteiger partial charge in [0.15, 0.2) is 5.78 Å². The molecular formula is C20H30O5. The van der Waals surface area contributed by atoms with E-state index in [1.165, 1.54) is 6.08 Å². The van der Waals surface area contributed by atoms with Gasteiger partial charge < -0.3 is 14.9 Å². The molecule has 2 rings (SSSR count). The summed E-state index contributed by atoms with van der Waals surface area (Å²) in [6.07, 6.45) is 3.90. The SMILES string of the molecule is CC(C)=CC(=O)O[C@@H]1CC[C@]2(C)CC(=O)C(C(C)(C)O)=C[C@H]2[C@]1(C)O. The van der Waals surface area contributed by atoms with Crippen LogP contribution in [0.3, 0.4) is 0 Å². The fourth-order valence-corrected chi connectivity index (χ4v) is 4.24. The van der Waals surface area contributed by atoms with Gasteiger partial charge in [0.2, 0.25) is 0 Å². The first-order chi connectivity index (χ1) is 11.3. The first-order valence-corrected chi connectivity index (χ1v) is 8.83. The summed E-state index contributed by atoms with van der Waals surface area (Å²) in [4.78, 5) is 24.5. The molecule has 2 N–H and O–H groups in total. The molecule has 140 valence electrons. The second-order valence-electron chi connectivity index (χ2n) is 8.78. The number of carbonyl (C=O) groups is 2. The summed E-state index contributed by atoms with van der Waals surface area (Å²) in [5.41, 5.74) is -1.83. The molecule has 0 spiro atoms. The quantitative estimate of drug-likeness (QED) is 0.604. The smallest absolute Gasteiger partial charge is 0.331 e. The van der Waals surface area contributed by atoms with Gasteiger partial charge in [0.25, 0.3) is 0 Å². The maximum Gasteiger partial charge on any atom is 0.331 e. The van der Waals surface area contributed by atoms with Crippen LogP contribution in [0, 0.1) is 11.3 Å². The molecule has 2 aliphatic rings. The van der Waals surface area contributed by atoms with Crippen molar-refractivity contribution < 1.29 is 24.5 Å². The van der Waals surface area contributed by atoms with Crippen LogP contribution in [-0.2, 0) is 14.3 Å². The molecule has 2 aliphatic carbocycles. The third-order valence-corrected chi connectivity index (χ3v) is 5.53. The third kappa shape index (κ3) is 3.87. The van der Waals surface area contributed by atoms with Crippen LogP contribution < -0.4 is 0 Å². The zero-order valence-electron chi connectivity index (χ0n) is 16.0. The molecule has 25 heavy (non-hydrogen) atoms. The first-order valence-electron chi connectivity index (χ1n) is 8.83. The number of hydrogen-bond donors (Lipinski definition) is 2. The second kappa shape index (κ2) is 6.36. The van der Waals surface area contributed by atoms with E-state index in [2.05, 4.69) is 0 Å². The number of rotatable bonds is 3. The summed E-state index contributed by atoms with van der Waals surface area (Å²) in [6.45, 7) is 10.4. The van der Waals surface area contributed by atoms with Gasteiger partial charge in [0.05, 0.1) is 5.60 Å². The molecule has 0 heterocycles. The molecular weight excluding hydrogens is 320 g/mol. The van der Waals surface area contributed by atoms with Gasteiger partial charge >= 0.3 is 5.97 Å². The van der Waals surface area contributed by atoms with Crippen LogP contribution in [0.1, 0.15) is 60.8 Å². The highest BCUT2D eigenvalue weighted by atomic mass is 16.6. The van der Waals surface area contributed by atoms with Gasteiger partial charge in [-0.3, -0.25) is 4.79 Å². The predicted molar refractivity (Wildman–Crippen MR) is 94.8 cm³/mol. The Morgan fingerprint density at radius 2 is 1.96 bits per heavy atom. The first kappa shape index (κ1) is 19.9. The normalized spacial score (nSPS) is 35.5. The summed E-state index contributed by atoms with van der Waals surface area (Å²) in [7, 11) is 0. The van der Waals surface area contributed by atoms with Gasteiger partial charge in [-0.15, -0.1) is 0 Å². The van der Waals surface area contributed by atoms with Crippen molar-refractivity contribution in [1.82, 2.24) is 0 Å². The Morgan fingerprint density at radius 1 is 1.36 bits per heavy atom. The van der Waals surface area contributed by atoms with Crippen molar-refractivity contribution in [2.24, 2.45) is 11.3 Å². The average Bonchev–Trinajstić information content (AvgIpc) is 2.39. The number of aliphatic hydroxyl groups is 2. The number of ketones is 1. The second-order valence-corrected chi connectivity index (χ2v) is 8.78. The molecule has 1 fully saturated rings. The van der Waals surface area contributed by atoms with Gasteiger partial charge in [-0.25, -0.2) is 4.79 Å². The van der Waals surface area contributed by atoms with Crippen LogP contribution in [0.15, 0.2) is 23.3 Å². The van der Waals surface area contributed by atoms with Gasteiger partial charge in [-0.05, 0) is 52.9 Å². The predicted octanol–water partition coefficient (Wildman–Crippen LogP) is 2.70. The molecule has 5 nitrogen and oxygen atoms in total. The Morgan fingerprint density at radius 3 is 2.48 bits per heavy atom. The fraction of sp³-hybridized carbons (Fsp3) is 0.700. The number of allylic oxidation sites excluding steroid dienone is 1. The van der Waals surface area contributed by atoms with Crippen LogP contribution in [-0.4, -0.2) is 39.3 Å². The van der Waals surface area contributed by atoms with Crippen LogP contribution in [0.25, 0.3) is 0 Å². The minimum Gasteiger partial charge on any atom is -0.456 e. The van der Waals surface area contributed by atoms with Crippen molar-refractivity contribution >= 4 is 11.8 Å². The van der Waals surface area contributed by atoms with Crippen LogP contribution in [0.5, 0.6) is 0 Å². The largest absolute Gasteiger partial charge is 0.456 e. The monoisotopic (exact) mass is 350 g/mol. The zero-order chi connectivity index (χ0) is 19.2. The van der Waals surface area contributed by atoms with E-state index >= 15 is 0 Å². The lowest BCUT2D eigenvalue weighted by Gasteiger charge is -2.53. The number of carbonyl (C=O) groups excluding carboxylic acids is 2. The highest BCUT2D eigenvalue weighted by Gasteiger charge is 2.56. The van der Waals surface area contributed by atoms with Gasteiger partial charge in [0, 0.05) is 24.0 Å². The average molecular weight is 350 g/mol. The lowest BCUT2D eigenvalue weighted by atomic mass is 9.54. The highest BCUT2D eigenvalue weighted by molar-refractivity contribution is 5.98. The molecule has 0 bridgehead atoms. The van der Waals surface area contributed by atoms with Crippen molar-refractivity contribution in [1.29, 1.82) is 0 Å². The van der Waals surface area contributed by atoms with Crippen molar-refractivity contribution in [2.45, 2.75) is 78.1 Å². The minimum absolute atomic E-state index is 0.0814. The maximum absolute atomic E-state index is 12.5. The number of hydrogen-bond acceptors (Lipinski definition) is 5. The van der Waals surface area contributed by atoms with Gasteiger partial charge in [-0.2, -0.15) is 0 Å². The fourth-order valence-electron chi connectivity index (χ4n) is 4.24. The maximum atomic E-state index is 12.5. The zero-order valence-corrected chi connectivity index (χ0v) is 16.0. The Balaban J connectivity index is 2.37.